The molecule has 0 radical (unpaired) electrons. The molecule has 0 bridgehead atoms. The van der Waals surface area contributed by atoms with Crippen LogP contribution in [0.4, 0.5) is 39.5 Å². The number of ketones is 3. The average Bonchev–Trinajstić information content (AvgIpc) is 2.96. The zero-order chi connectivity index (χ0) is 39.6. The van der Waals surface area contributed by atoms with Crippen LogP contribution in [0.25, 0.3) is 0 Å². The van der Waals surface area contributed by atoms with Gasteiger partial charge in [-0.1, -0.05) is 69.6 Å². The van der Waals surface area contributed by atoms with Gasteiger partial charge in [0.1, 0.15) is 0 Å². The van der Waals surface area contributed by atoms with Crippen molar-refractivity contribution < 1.29 is 86.3 Å². The summed E-state index contributed by atoms with van der Waals surface area (Å²) in [5.74, 6) is -9.10. The fourth-order valence-electron chi connectivity index (χ4n) is 2.92. The Morgan fingerprint density at radius 1 is 0.442 bits per heavy atom. The molecular formula is C30H15Cl6F9FeO6. The Hall–Kier alpha value is -3.08. The number of halogens is 15. The number of aliphatic hydroxyl groups is 3. The van der Waals surface area contributed by atoms with Gasteiger partial charge < -0.3 is 15.3 Å². The molecule has 0 aliphatic carbocycles. The molecule has 284 valence electrons. The van der Waals surface area contributed by atoms with Gasteiger partial charge in [0.25, 0.3) is 0 Å². The van der Waals surface area contributed by atoms with Gasteiger partial charge >= 0.3 is 18.5 Å². The summed E-state index contributed by atoms with van der Waals surface area (Å²) in [4.78, 5) is 34.1. The zero-order valence-electron chi connectivity index (χ0n) is 24.5. The van der Waals surface area contributed by atoms with Crippen LogP contribution in [-0.2, 0) is 17.1 Å². The van der Waals surface area contributed by atoms with Gasteiger partial charge in [-0.15, -0.1) is 0 Å². The molecule has 3 aromatic carbocycles. The monoisotopic (exact) mass is 908 g/mol. The van der Waals surface area contributed by atoms with Crippen LogP contribution in [-0.4, -0.2) is 51.2 Å². The molecule has 22 heteroatoms. The van der Waals surface area contributed by atoms with Gasteiger partial charge in [-0.05, 0) is 54.6 Å². The molecule has 0 unspecified atom stereocenters. The van der Waals surface area contributed by atoms with Crippen molar-refractivity contribution in [3.8, 4) is 0 Å². The fraction of sp³-hybridized carbons (Fsp3) is 0.100. The van der Waals surface area contributed by atoms with E-state index in [4.69, 9.17) is 84.9 Å². The summed E-state index contributed by atoms with van der Waals surface area (Å²) in [6, 6.07) is 11.1. The first-order valence-corrected chi connectivity index (χ1v) is 14.8. The first-order valence-electron chi connectivity index (χ1n) is 12.6. The molecule has 0 spiro atoms. The largest absolute Gasteiger partial charge is 0.504 e. The topological polar surface area (TPSA) is 112 Å². The fourth-order valence-corrected chi connectivity index (χ4v) is 4.42. The van der Waals surface area contributed by atoms with Crippen LogP contribution < -0.4 is 0 Å². The average molecular weight is 911 g/mol. The summed E-state index contributed by atoms with van der Waals surface area (Å²) < 4.78 is 108. The quantitative estimate of drug-likeness (QED) is 0.0747. The van der Waals surface area contributed by atoms with Crippen molar-refractivity contribution in [2.24, 2.45) is 0 Å². The van der Waals surface area contributed by atoms with Crippen molar-refractivity contribution >= 4 is 87.0 Å². The van der Waals surface area contributed by atoms with E-state index >= 15 is 0 Å². The summed E-state index contributed by atoms with van der Waals surface area (Å²) in [5, 5.41) is 26.3. The second-order valence-corrected chi connectivity index (χ2v) is 11.6. The number of hydrogen-bond donors (Lipinski definition) is 3. The smallest absolute Gasteiger partial charge is 0.448 e. The van der Waals surface area contributed by atoms with Gasteiger partial charge in [0.05, 0.1) is 15.1 Å². The van der Waals surface area contributed by atoms with Crippen molar-refractivity contribution in [3.05, 3.63) is 137 Å². The van der Waals surface area contributed by atoms with Crippen LogP contribution in [0.5, 0.6) is 0 Å². The predicted molar refractivity (Wildman–Crippen MR) is 173 cm³/mol. The zero-order valence-corrected chi connectivity index (χ0v) is 30.2. The summed E-state index contributed by atoms with van der Waals surface area (Å²) in [7, 11) is 0. The van der Waals surface area contributed by atoms with Crippen molar-refractivity contribution in [3.63, 3.8) is 0 Å². The Labute approximate surface area is 327 Å². The van der Waals surface area contributed by atoms with E-state index in [0.717, 1.165) is 0 Å². The number of carbonyl (C=O) groups excluding carboxylic acids is 3. The molecule has 6 nitrogen and oxygen atoms in total. The third-order valence-electron chi connectivity index (χ3n) is 5.26. The van der Waals surface area contributed by atoms with Gasteiger partial charge in [-0.25, -0.2) is 0 Å². The van der Waals surface area contributed by atoms with E-state index < -0.39 is 53.2 Å². The Morgan fingerprint density at radius 2 is 0.635 bits per heavy atom. The number of carbonyl (C=O) groups is 3. The maximum atomic E-state index is 12.0. The van der Waals surface area contributed by atoms with E-state index in [-0.39, 0.29) is 82.1 Å². The summed E-state index contributed by atoms with van der Waals surface area (Å²) in [6.07, 6.45) is -14.7. The summed E-state index contributed by atoms with van der Waals surface area (Å²) >= 11 is 33.6. The van der Waals surface area contributed by atoms with Crippen molar-refractivity contribution in [2.45, 2.75) is 18.5 Å². The van der Waals surface area contributed by atoms with Gasteiger partial charge in [-0.2, -0.15) is 39.5 Å². The normalized spacial score (nSPS) is 12.4. The second-order valence-electron chi connectivity index (χ2n) is 9.05. The Balaban J connectivity index is 0.000000743. The maximum Gasteiger partial charge on any atom is 0.448 e. The molecule has 0 fully saturated rings. The summed E-state index contributed by atoms with van der Waals surface area (Å²) in [5.41, 5.74) is -0.523. The Kier molecular flexibility index (Phi) is 19.2. The van der Waals surface area contributed by atoms with Crippen LogP contribution in [0.3, 0.4) is 0 Å². The third kappa shape index (κ3) is 16.3. The minimum Gasteiger partial charge on any atom is -0.504 e. The molecule has 3 N–H and O–H groups in total. The number of benzene rings is 3. The molecule has 0 amide bonds. The maximum absolute atomic E-state index is 12.0. The van der Waals surface area contributed by atoms with Crippen molar-refractivity contribution in [1.29, 1.82) is 0 Å². The van der Waals surface area contributed by atoms with Crippen LogP contribution in [0.1, 0.15) is 31.1 Å². The molecule has 0 saturated carbocycles. The van der Waals surface area contributed by atoms with E-state index in [1.165, 1.54) is 54.6 Å². The number of allylic oxidation sites excluding steroid dienone is 6. The third-order valence-corrected chi connectivity index (χ3v) is 6.91. The molecule has 3 rings (SSSR count). The van der Waals surface area contributed by atoms with E-state index in [1.807, 2.05) is 0 Å². The molecule has 0 aliphatic rings. The molecule has 0 aromatic heterocycles. The van der Waals surface area contributed by atoms with Gasteiger partial charge in [0.2, 0.25) is 17.3 Å². The molecule has 0 heterocycles. The van der Waals surface area contributed by atoms with E-state index in [9.17, 15) is 53.9 Å². The molecule has 52 heavy (non-hydrogen) atoms. The summed E-state index contributed by atoms with van der Waals surface area (Å²) in [6.45, 7) is 0. The molecule has 0 aliphatic heterocycles. The predicted octanol–water partition coefficient (Wildman–Crippen LogP) is 12.5. The number of aliphatic hydroxyl groups excluding tert-OH is 3. The molecular weight excluding hydrogens is 896 g/mol. The van der Waals surface area contributed by atoms with E-state index in [0.29, 0.717) is 0 Å². The number of rotatable bonds is 6. The SMILES string of the molecule is O=C(/C=C(\O)C(F)(F)F)c1ccc(Cl)cc1Cl.O=C(/C=C(\O)C(F)(F)F)c1ccc(Cl)cc1Cl.O=C(/C=C(\O)C(F)(F)F)c1ccc(Cl)cc1Cl.[Fe]. The molecule has 0 atom stereocenters. The van der Waals surface area contributed by atoms with Gasteiger partial charge in [0.15, 0.2) is 17.3 Å². The van der Waals surface area contributed by atoms with Crippen molar-refractivity contribution in [2.75, 3.05) is 0 Å². The minimum absolute atomic E-state index is 0. The molecule has 0 saturated heterocycles. The van der Waals surface area contributed by atoms with Crippen molar-refractivity contribution in [1.82, 2.24) is 0 Å². The van der Waals surface area contributed by atoms with Crippen LogP contribution in [0.2, 0.25) is 30.1 Å². The van der Waals surface area contributed by atoms with Gasteiger partial charge in [0, 0.05) is 67.1 Å². The Bertz CT molecular complexity index is 1660. The van der Waals surface area contributed by atoms with Crippen LogP contribution in [0, 0.1) is 0 Å². The first kappa shape index (κ1) is 48.9. The standard InChI is InChI=1S/3C10H5Cl2F3O2.Fe/c3*11-5-1-2-6(7(12)3-5)8(16)4-9(17)10(13,14)15;/h3*1-4,17H;/b3*9-4-;. The minimum atomic E-state index is -4.96. The van der Waals surface area contributed by atoms with E-state index in [1.54, 1.807) is 0 Å². The van der Waals surface area contributed by atoms with Gasteiger partial charge in [-0.3, -0.25) is 14.4 Å². The molecule has 3 aromatic rings. The first-order chi connectivity index (χ1) is 23.1. The van der Waals surface area contributed by atoms with Crippen LogP contribution in [0.15, 0.2) is 90.1 Å². The van der Waals surface area contributed by atoms with E-state index in [2.05, 4.69) is 0 Å². The Morgan fingerprint density at radius 3 is 0.788 bits per heavy atom. The second kappa shape index (κ2) is 20.4. The number of hydrogen-bond acceptors (Lipinski definition) is 6. The van der Waals surface area contributed by atoms with Crippen LogP contribution >= 0.6 is 69.6 Å². The number of alkyl halides is 9.